The van der Waals surface area contributed by atoms with E-state index in [-0.39, 0.29) is 17.7 Å². The van der Waals surface area contributed by atoms with Crippen LogP contribution in [0.4, 0.5) is 0 Å². The third-order valence-corrected chi connectivity index (χ3v) is 4.45. The molecule has 0 aromatic carbocycles. The number of nitrogens with one attached hydrogen (secondary N) is 1. The van der Waals surface area contributed by atoms with Crippen LogP contribution in [0.15, 0.2) is 0 Å². The van der Waals surface area contributed by atoms with Crippen LogP contribution < -0.4 is 5.32 Å². The van der Waals surface area contributed by atoms with Crippen LogP contribution in [0.1, 0.15) is 33.1 Å². The van der Waals surface area contributed by atoms with Crippen LogP contribution in [0.3, 0.4) is 0 Å². The molecule has 2 aliphatic heterocycles. The lowest BCUT2D eigenvalue weighted by Crippen LogP contribution is -2.48. The molecule has 108 valence electrons. The van der Waals surface area contributed by atoms with Gasteiger partial charge in [0.25, 0.3) is 0 Å². The minimum absolute atomic E-state index is 0.00128. The number of hydrogen-bond donors (Lipinski definition) is 1. The molecule has 5 nitrogen and oxygen atoms in total. The Bertz CT molecular complexity index is 349. The van der Waals surface area contributed by atoms with E-state index in [4.69, 9.17) is 0 Å². The molecule has 19 heavy (non-hydrogen) atoms. The zero-order chi connectivity index (χ0) is 14.0. The molecule has 2 rings (SSSR count). The largest absolute Gasteiger partial charge is 0.355 e. The lowest BCUT2D eigenvalue weighted by atomic mass is 9.99. The number of piperidine rings is 1. The number of amides is 2. The molecule has 2 saturated heterocycles. The van der Waals surface area contributed by atoms with E-state index in [1.165, 1.54) is 0 Å². The SMILES string of the molecule is CC(C)N1CCC(N(C)C(=O)C2CNC(=O)C2)CC1. The van der Waals surface area contributed by atoms with Crippen LogP contribution in [-0.4, -0.2) is 60.4 Å². The minimum atomic E-state index is -0.152. The number of rotatable bonds is 3. The predicted molar refractivity (Wildman–Crippen MR) is 73.6 cm³/mol. The first-order valence-corrected chi connectivity index (χ1v) is 7.26. The molecular weight excluding hydrogens is 242 g/mol. The maximum atomic E-state index is 12.3. The second kappa shape index (κ2) is 5.90. The van der Waals surface area contributed by atoms with E-state index >= 15 is 0 Å². The van der Waals surface area contributed by atoms with Crippen LogP contribution in [0, 0.1) is 5.92 Å². The molecule has 0 aromatic rings. The van der Waals surface area contributed by atoms with E-state index < -0.39 is 0 Å². The highest BCUT2D eigenvalue weighted by Gasteiger charge is 2.33. The third kappa shape index (κ3) is 3.26. The number of hydrogen-bond acceptors (Lipinski definition) is 3. The Hall–Kier alpha value is -1.10. The Morgan fingerprint density at radius 2 is 2.00 bits per heavy atom. The van der Waals surface area contributed by atoms with Gasteiger partial charge in [0.05, 0.1) is 5.92 Å². The second-order valence-corrected chi connectivity index (χ2v) is 6.02. The average molecular weight is 267 g/mol. The molecule has 0 aromatic heterocycles. The molecule has 2 aliphatic rings. The van der Waals surface area contributed by atoms with Crippen molar-refractivity contribution >= 4 is 11.8 Å². The molecule has 1 atom stereocenters. The van der Waals surface area contributed by atoms with Gasteiger partial charge < -0.3 is 15.1 Å². The number of carbonyl (C=O) groups excluding carboxylic acids is 2. The topological polar surface area (TPSA) is 52.6 Å². The van der Waals surface area contributed by atoms with Crippen LogP contribution in [-0.2, 0) is 9.59 Å². The van der Waals surface area contributed by atoms with Gasteiger partial charge in [0.15, 0.2) is 0 Å². The van der Waals surface area contributed by atoms with Gasteiger partial charge in [-0.2, -0.15) is 0 Å². The summed E-state index contributed by atoms with van der Waals surface area (Å²) in [6.45, 7) is 7.05. The Balaban J connectivity index is 1.85. The van der Waals surface area contributed by atoms with Gasteiger partial charge in [0.2, 0.25) is 11.8 Å². The van der Waals surface area contributed by atoms with Gasteiger partial charge in [-0.05, 0) is 26.7 Å². The number of nitrogens with zero attached hydrogens (tertiary/aromatic N) is 2. The molecule has 5 heteroatoms. The van der Waals surface area contributed by atoms with Crippen molar-refractivity contribution in [3.63, 3.8) is 0 Å². The fourth-order valence-corrected chi connectivity index (χ4v) is 3.04. The summed E-state index contributed by atoms with van der Waals surface area (Å²) in [5, 5.41) is 2.74. The zero-order valence-electron chi connectivity index (χ0n) is 12.2. The van der Waals surface area contributed by atoms with Gasteiger partial charge in [-0.15, -0.1) is 0 Å². The Kier molecular flexibility index (Phi) is 4.45. The Morgan fingerprint density at radius 3 is 2.47 bits per heavy atom. The van der Waals surface area contributed by atoms with E-state index in [2.05, 4.69) is 24.1 Å². The second-order valence-electron chi connectivity index (χ2n) is 6.02. The van der Waals surface area contributed by atoms with E-state index in [1.54, 1.807) is 0 Å². The fraction of sp³-hybridized carbons (Fsp3) is 0.857. The minimum Gasteiger partial charge on any atom is -0.355 e. The van der Waals surface area contributed by atoms with Gasteiger partial charge in [-0.1, -0.05) is 0 Å². The van der Waals surface area contributed by atoms with Crippen molar-refractivity contribution in [3.05, 3.63) is 0 Å². The predicted octanol–water partition coefficient (Wildman–Crippen LogP) is 0.454. The van der Waals surface area contributed by atoms with Gasteiger partial charge in [-0.25, -0.2) is 0 Å². The highest BCUT2D eigenvalue weighted by atomic mass is 16.2. The monoisotopic (exact) mass is 267 g/mol. The fourth-order valence-electron chi connectivity index (χ4n) is 3.04. The molecule has 0 radical (unpaired) electrons. The van der Waals surface area contributed by atoms with E-state index in [9.17, 15) is 9.59 Å². The first kappa shape index (κ1) is 14.3. The molecular formula is C14H25N3O2. The summed E-state index contributed by atoms with van der Waals surface area (Å²) in [5.41, 5.74) is 0. The first-order chi connectivity index (χ1) is 8.99. The summed E-state index contributed by atoms with van der Waals surface area (Å²) < 4.78 is 0. The van der Waals surface area contributed by atoms with E-state index in [0.29, 0.717) is 25.0 Å². The lowest BCUT2D eigenvalue weighted by Gasteiger charge is -2.39. The van der Waals surface area contributed by atoms with E-state index in [0.717, 1.165) is 25.9 Å². The van der Waals surface area contributed by atoms with Gasteiger partial charge in [0.1, 0.15) is 0 Å². The lowest BCUT2D eigenvalue weighted by molar-refractivity contribution is -0.137. The zero-order valence-corrected chi connectivity index (χ0v) is 12.2. The average Bonchev–Trinajstić information content (AvgIpc) is 2.84. The summed E-state index contributed by atoms with van der Waals surface area (Å²) in [6, 6.07) is 0.914. The third-order valence-electron chi connectivity index (χ3n) is 4.45. The smallest absolute Gasteiger partial charge is 0.227 e. The molecule has 0 bridgehead atoms. The summed E-state index contributed by atoms with van der Waals surface area (Å²) in [5.74, 6) is -0.0247. The molecule has 1 N–H and O–H groups in total. The number of carbonyl (C=O) groups is 2. The van der Waals surface area contributed by atoms with Crippen LogP contribution in [0.2, 0.25) is 0 Å². The van der Waals surface area contributed by atoms with Crippen molar-refractivity contribution in [2.45, 2.75) is 45.2 Å². The highest BCUT2D eigenvalue weighted by Crippen LogP contribution is 2.20. The van der Waals surface area contributed by atoms with Gasteiger partial charge in [0, 0.05) is 45.2 Å². The molecule has 1 unspecified atom stereocenters. The first-order valence-electron chi connectivity index (χ1n) is 7.26. The molecule has 2 fully saturated rings. The highest BCUT2D eigenvalue weighted by molar-refractivity contribution is 5.89. The van der Waals surface area contributed by atoms with Crippen LogP contribution >= 0.6 is 0 Å². The summed E-state index contributed by atoms with van der Waals surface area (Å²) in [6.07, 6.45) is 2.43. The maximum absolute atomic E-state index is 12.3. The van der Waals surface area contributed by atoms with Crippen molar-refractivity contribution in [1.82, 2.24) is 15.1 Å². The van der Waals surface area contributed by atoms with Gasteiger partial charge in [-0.3, -0.25) is 9.59 Å². The quantitative estimate of drug-likeness (QED) is 0.808. The summed E-state index contributed by atoms with van der Waals surface area (Å²) >= 11 is 0. The molecule has 0 aliphatic carbocycles. The van der Waals surface area contributed by atoms with Crippen molar-refractivity contribution in [1.29, 1.82) is 0 Å². The van der Waals surface area contributed by atoms with Crippen molar-refractivity contribution in [2.75, 3.05) is 26.7 Å². The summed E-state index contributed by atoms with van der Waals surface area (Å²) in [7, 11) is 1.89. The Labute approximate surface area is 115 Å². The standard InChI is InChI=1S/C14H25N3O2/c1-10(2)17-6-4-12(5-7-17)16(3)14(19)11-8-13(18)15-9-11/h10-12H,4-9H2,1-3H3,(H,15,18). The van der Waals surface area contributed by atoms with E-state index in [1.807, 2.05) is 11.9 Å². The Morgan fingerprint density at radius 1 is 1.37 bits per heavy atom. The van der Waals surface area contributed by atoms with Gasteiger partial charge >= 0.3 is 0 Å². The van der Waals surface area contributed by atoms with Crippen molar-refractivity contribution in [2.24, 2.45) is 5.92 Å². The molecule has 0 spiro atoms. The van der Waals surface area contributed by atoms with Crippen molar-refractivity contribution < 1.29 is 9.59 Å². The maximum Gasteiger partial charge on any atom is 0.227 e. The van der Waals surface area contributed by atoms with Crippen molar-refractivity contribution in [3.8, 4) is 0 Å². The summed E-state index contributed by atoms with van der Waals surface area (Å²) in [4.78, 5) is 27.8. The van der Waals surface area contributed by atoms with Crippen LogP contribution in [0.25, 0.3) is 0 Å². The molecule has 2 amide bonds. The molecule has 2 heterocycles. The molecule has 0 saturated carbocycles. The number of likely N-dealkylation sites (tertiary alicyclic amines) is 1. The van der Waals surface area contributed by atoms with Crippen LogP contribution in [0.5, 0.6) is 0 Å². The normalized spacial score (nSPS) is 25.7.